The van der Waals surface area contributed by atoms with Crippen molar-refractivity contribution >= 4 is 9.73 Å². The van der Waals surface area contributed by atoms with E-state index >= 15 is 0 Å². The van der Waals surface area contributed by atoms with Gasteiger partial charge in [0.25, 0.3) is 0 Å². The van der Waals surface area contributed by atoms with Crippen molar-refractivity contribution in [1.29, 1.82) is 4.78 Å². The molecule has 22 heavy (non-hydrogen) atoms. The van der Waals surface area contributed by atoms with E-state index < -0.39 is 20.8 Å². The van der Waals surface area contributed by atoms with Crippen LogP contribution in [0.2, 0.25) is 0 Å². The van der Waals surface area contributed by atoms with Crippen molar-refractivity contribution in [3.63, 3.8) is 0 Å². The third-order valence-electron chi connectivity index (χ3n) is 3.50. The lowest BCUT2D eigenvalue weighted by molar-refractivity contribution is 0.0114. The van der Waals surface area contributed by atoms with Gasteiger partial charge in [-0.25, -0.2) is 13.4 Å². The molecule has 0 aliphatic carbocycles. The molecule has 0 saturated carbocycles. The zero-order valence-corrected chi connectivity index (χ0v) is 13.1. The number of benzene rings is 2. The molecule has 0 bridgehead atoms. The Kier molecular flexibility index (Phi) is 4.53. The molecule has 2 N–H and O–H groups in total. The Morgan fingerprint density at radius 2 is 1.73 bits per heavy atom. The van der Waals surface area contributed by atoms with Crippen molar-refractivity contribution in [2.24, 2.45) is 0 Å². The van der Waals surface area contributed by atoms with Crippen molar-refractivity contribution < 1.29 is 18.4 Å². The van der Waals surface area contributed by atoms with Crippen molar-refractivity contribution in [1.82, 2.24) is 0 Å². The van der Waals surface area contributed by atoms with Gasteiger partial charge in [-0.3, -0.25) is 0 Å². The number of nitrogens with one attached hydrogen (secondary N) is 1. The smallest absolute Gasteiger partial charge is 0.219 e. The summed E-state index contributed by atoms with van der Waals surface area (Å²) in [4.78, 5) is 0.0521. The third kappa shape index (κ3) is 2.98. The predicted octanol–water partition coefficient (Wildman–Crippen LogP) is 3.30. The van der Waals surface area contributed by atoms with E-state index in [1.165, 1.54) is 38.3 Å². The molecule has 2 aromatic carbocycles. The summed E-state index contributed by atoms with van der Waals surface area (Å²) in [7, 11) is -2.31. The molecule has 0 amide bonds. The summed E-state index contributed by atoms with van der Waals surface area (Å²) in [6.07, 6.45) is 0. The molecule has 0 fully saturated rings. The van der Waals surface area contributed by atoms with Crippen LogP contribution in [0.1, 0.15) is 12.5 Å². The molecule has 118 valence electrons. The summed E-state index contributed by atoms with van der Waals surface area (Å²) >= 11 is 0. The van der Waals surface area contributed by atoms with Crippen molar-refractivity contribution in [3.05, 3.63) is 60.2 Å². The number of rotatable bonds is 5. The summed E-state index contributed by atoms with van der Waals surface area (Å²) < 4.78 is 40.2. The molecule has 0 aliphatic rings. The highest BCUT2D eigenvalue weighted by Crippen LogP contribution is 2.34. The van der Waals surface area contributed by atoms with E-state index in [2.05, 4.69) is 0 Å². The van der Waals surface area contributed by atoms with Crippen LogP contribution in [0.25, 0.3) is 0 Å². The fourth-order valence-corrected chi connectivity index (χ4v) is 3.71. The van der Waals surface area contributed by atoms with Crippen LogP contribution in [0.3, 0.4) is 0 Å². The molecule has 6 heteroatoms. The summed E-state index contributed by atoms with van der Waals surface area (Å²) in [5.41, 5.74) is -4.09. The average molecular weight is 323 g/mol. The lowest BCUT2D eigenvalue weighted by atomic mass is 9.97. The first-order chi connectivity index (χ1) is 10.3. The molecule has 2 aromatic rings. The molecule has 2 rings (SSSR count). The molecular formula is C16H18FNO3S. The van der Waals surface area contributed by atoms with Crippen LogP contribution in [0.4, 0.5) is 4.39 Å². The molecule has 0 aliphatic heterocycles. The Morgan fingerprint density at radius 1 is 1.18 bits per heavy atom. The van der Waals surface area contributed by atoms with Crippen LogP contribution in [-0.4, -0.2) is 21.9 Å². The van der Waals surface area contributed by atoms with Gasteiger partial charge in [0.1, 0.15) is 21.1 Å². The van der Waals surface area contributed by atoms with Crippen LogP contribution < -0.4 is 4.74 Å². The standard InChI is InChI=1S/C16H18FNO3S/c1-16(19,12-8-10-13(21-2)11-9-12)15(17)22(18,20)14-6-4-3-5-7-14/h3-11,15,18-19H,1-2H3/t15?,16-,22+/m0/s1. The quantitative estimate of drug-likeness (QED) is 0.887. The first kappa shape index (κ1) is 16.5. The third-order valence-corrected chi connectivity index (χ3v) is 5.52. The number of hydrogen-bond acceptors (Lipinski definition) is 4. The van der Waals surface area contributed by atoms with Gasteiger partial charge in [-0.1, -0.05) is 30.3 Å². The number of halogens is 1. The van der Waals surface area contributed by atoms with E-state index in [-0.39, 0.29) is 10.5 Å². The topological polar surface area (TPSA) is 70.4 Å². The van der Waals surface area contributed by atoms with Gasteiger partial charge in [0.2, 0.25) is 5.50 Å². The highest BCUT2D eigenvalue weighted by Gasteiger charge is 2.41. The summed E-state index contributed by atoms with van der Waals surface area (Å²) in [6.45, 7) is 1.22. The zero-order valence-electron chi connectivity index (χ0n) is 12.3. The Bertz CT molecular complexity index is 728. The first-order valence-corrected chi connectivity index (χ1v) is 8.26. The second-order valence-corrected chi connectivity index (χ2v) is 7.19. The minimum atomic E-state index is -3.81. The van der Waals surface area contributed by atoms with E-state index in [9.17, 15) is 13.7 Å². The molecular weight excluding hydrogens is 305 g/mol. The summed E-state index contributed by atoms with van der Waals surface area (Å²) in [5.74, 6) is 0.560. The molecule has 0 spiro atoms. The lowest BCUT2D eigenvalue weighted by Gasteiger charge is -2.29. The Hall–Kier alpha value is -1.92. The van der Waals surface area contributed by atoms with E-state index in [0.29, 0.717) is 5.75 Å². The maximum atomic E-state index is 14.8. The van der Waals surface area contributed by atoms with Crippen molar-refractivity contribution in [2.45, 2.75) is 22.9 Å². The van der Waals surface area contributed by atoms with Crippen LogP contribution in [0.5, 0.6) is 5.75 Å². The maximum absolute atomic E-state index is 14.8. The van der Waals surface area contributed by atoms with E-state index in [1.807, 2.05) is 0 Å². The summed E-state index contributed by atoms with van der Waals surface area (Å²) in [6, 6.07) is 13.8. The fraction of sp³-hybridized carbons (Fsp3) is 0.250. The highest BCUT2D eigenvalue weighted by molar-refractivity contribution is 7.93. The van der Waals surface area contributed by atoms with Crippen LogP contribution >= 0.6 is 0 Å². The molecule has 0 radical (unpaired) electrons. The lowest BCUT2D eigenvalue weighted by Crippen LogP contribution is -2.38. The minimum absolute atomic E-state index is 0.0521. The van der Waals surface area contributed by atoms with Crippen LogP contribution in [-0.2, 0) is 15.3 Å². The SMILES string of the molecule is COc1ccc([C@](C)(O)C(F)[S@](=N)(=O)c2ccccc2)cc1. The second-order valence-electron chi connectivity index (χ2n) is 5.11. The van der Waals surface area contributed by atoms with Gasteiger partial charge in [-0.05, 0) is 36.8 Å². The monoisotopic (exact) mass is 323 g/mol. The van der Waals surface area contributed by atoms with Crippen LogP contribution in [0, 0.1) is 4.78 Å². The zero-order chi connectivity index (χ0) is 16.4. The van der Waals surface area contributed by atoms with E-state index in [0.717, 1.165) is 0 Å². The molecule has 0 heterocycles. The Labute approximate surface area is 129 Å². The molecule has 0 aromatic heterocycles. The van der Waals surface area contributed by atoms with E-state index in [1.54, 1.807) is 30.3 Å². The average Bonchev–Trinajstić information content (AvgIpc) is 2.55. The van der Waals surface area contributed by atoms with E-state index in [4.69, 9.17) is 9.52 Å². The summed E-state index contributed by atoms with van der Waals surface area (Å²) in [5, 5.41) is 10.5. The first-order valence-electron chi connectivity index (χ1n) is 6.64. The van der Waals surface area contributed by atoms with Gasteiger partial charge in [-0.2, -0.15) is 0 Å². The largest absolute Gasteiger partial charge is 0.497 e. The maximum Gasteiger partial charge on any atom is 0.219 e. The molecule has 4 nitrogen and oxygen atoms in total. The van der Waals surface area contributed by atoms with Crippen molar-refractivity contribution in [3.8, 4) is 5.75 Å². The Balaban J connectivity index is 2.39. The molecule has 3 atom stereocenters. The number of ether oxygens (including phenoxy) is 1. The second kappa shape index (κ2) is 6.06. The van der Waals surface area contributed by atoms with Gasteiger partial charge in [0.05, 0.1) is 12.0 Å². The van der Waals surface area contributed by atoms with Gasteiger partial charge >= 0.3 is 0 Å². The number of alkyl halides is 1. The highest BCUT2D eigenvalue weighted by atomic mass is 32.2. The normalized spacial score (nSPS) is 18.0. The van der Waals surface area contributed by atoms with Gasteiger partial charge in [0.15, 0.2) is 0 Å². The van der Waals surface area contributed by atoms with Gasteiger partial charge in [0, 0.05) is 0 Å². The predicted molar refractivity (Wildman–Crippen MR) is 83.0 cm³/mol. The Morgan fingerprint density at radius 3 is 2.23 bits per heavy atom. The van der Waals surface area contributed by atoms with Crippen LogP contribution in [0.15, 0.2) is 59.5 Å². The number of methoxy groups -OCH3 is 1. The minimum Gasteiger partial charge on any atom is -0.497 e. The van der Waals surface area contributed by atoms with Crippen molar-refractivity contribution in [2.75, 3.05) is 7.11 Å². The molecule has 1 unspecified atom stereocenters. The van der Waals surface area contributed by atoms with Gasteiger partial charge in [-0.15, -0.1) is 0 Å². The number of aliphatic hydroxyl groups is 1. The fourth-order valence-electron chi connectivity index (χ4n) is 2.12. The van der Waals surface area contributed by atoms with Gasteiger partial charge < -0.3 is 9.84 Å². The molecule has 0 saturated heterocycles. The number of hydrogen-bond donors (Lipinski definition) is 2.